The van der Waals surface area contributed by atoms with Gasteiger partial charge in [-0.2, -0.15) is 0 Å². The third-order valence-corrected chi connectivity index (χ3v) is 5.02. The predicted molar refractivity (Wildman–Crippen MR) is 85.1 cm³/mol. The van der Waals surface area contributed by atoms with Gasteiger partial charge in [-0.3, -0.25) is 4.79 Å². The van der Waals surface area contributed by atoms with E-state index in [4.69, 9.17) is 5.73 Å². The Morgan fingerprint density at radius 3 is 2.81 bits per heavy atom. The van der Waals surface area contributed by atoms with Gasteiger partial charge in [-0.15, -0.1) is 11.3 Å². The van der Waals surface area contributed by atoms with E-state index in [0.717, 1.165) is 0 Å². The normalized spacial score (nSPS) is 16.8. The Hall–Kier alpha value is -1.88. The zero-order valence-electron chi connectivity index (χ0n) is 11.8. The molecule has 1 aliphatic rings. The van der Waals surface area contributed by atoms with Gasteiger partial charge in [0.05, 0.1) is 11.7 Å². The number of amides is 1. The van der Waals surface area contributed by atoms with Crippen LogP contribution in [0.1, 0.15) is 47.1 Å². The number of carbonyl (C=O) groups is 1. The second-order valence-electron chi connectivity index (χ2n) is 5.45. The lowest BCUT2D eigenvalue weighted by Crippen LogP contribution is -2.33. The predicted octanol–water partition coefficient (Wildman–Crippen LogP) is 3.39. The first-order chi connectivity index (χ1) is 10.3. The van der Waals surface area contributed by atoms with E-state index in [1.54, 1.807) is 29.7 Å². The highest BCUT2D eigenvalue weighted by Crippen LogP contribution is 2.37. The number of rotatable bonds is 4. The van der Waals surface area contributed by atoms with Gasteiger partial charge in [0.25, 0.3) is 5.91 Å². The van der Waals surface area contributed by atoms with E-state index >= 15 is 0 Å². The molecule has 3 rings (SSSR count). The maximum Gasteiger partial charge on any atom is 0.272 e. The molecule has 0 spiro atoms. The van der Waals surface area contributed by atoms with Gasteiger partial charge in [-0.1, -0.05) is 18.9 Å². The second kappa shape index (κ2) is 6.26. The van der Waals surface area contributed by atoms with Crippen molar-refractivity contribution in [2.45, 2.75) is 31.7 Å². The third kappa shape index (κ3) is 3.08. The van der Waals surface area contributed by atoms with Crippen molar-refractivity contribution in [1.29, 1.82) is 0 Å². The van der Waals surface area contributed by atoms with Crippen molar-refractivity contribution in [2.75, 3.05) is 5.73 Å². The van der Waals surface area contributed by atoms with Crippen LogP contribution in [-0.2, 0) is 0 Å². The smallest absolute Gasteiger partial charge is 0.272 e. The maximum absolute atomic E-state index is 12.5. The number of nitrogens with two attached hydrogens (primary N) is 1. The number of hydrogen-bond donors (Lipinski definition) is 2. The minimum absolute atomic E-state index is 0.0707. The zero-order chi connectivity index (χ0) is 14.7. The van der Waals surface area contributed by atoms with Gasteiger partial charge in [0.1, 0.15) is 0 Å². The number of hydrogen-bond acceptors (Lipinski definition) is 4. The van der Waals surface area contributed by atoms with Crippen LogP contribution in [-0.4, -0.2) is 10.9 Å². The number of nitrogen functional groups attached to an aromatic ring is 1. The maximum atomic E-state index is 12.5. The van der Waals surface area contributed by atoms with Crippen LogP contribution in [0.5, 0.6) is 0 Å². The topological polar surface area (TPSA) is 68.0 Å². The number of pyridine rings is 1. The van der Waals surface area contributed by atoms with E-state index in [-0.39, 0.29) is 11.9 Å². The van der Waals surface area contributed by atoms with Crippen molar-refractivity contribution in [3.05, 3.63) is 46.4 Å². The Balaban J connectivity index is 1.81. The number of anilines is 1. The molecule has 0 aliphatic heterocycles. The molecule has 1 saturated carbocycles. The summed E-state index contributed by atoms with van der Waals surface area (Å²) in [7, 11) is 0. The molecule has 21 heavy (non-hydrogen) atoms. The van der Waals surface area contributed by atoms with Crippen LogP contribution in [0, 0.1) is 5.92 Å². The van der Waals surface area contributed by atoms with E-state index in [0.29, 0.717) is 17.3 Å². The molecule has 0 radical (unpaired) electrons. The monoisotopic (exact) mass is 301 g/mol. The van der Waals surface area contributed by atoms with Crippen molar-refractivity contribution >= 4 is 22.9 Å². The Bertz CT molecular complexity index is 606. The molecule has 2 heterocycles. The molecule has 0 bridgehead atoms. The molecule has 2 aromatic rings. The molecule has 2 aromatic heterocycles. The van der Waals surface area contributed by atoms with Crippen molar-refractivity contribution in [3.63, 3.8) is 0 Å². The summed E-state index contributed by atoms with van der Waals surface area (Å²) < 4.78 is 0. The fourth-order valence-electron chi connectivity index (χ4n) is 3.00. The average molecular weight is 301 g/mol. The van der Waals surface area contributed by atoms with Gasteiger partial charge in [-0.25, -0.2) is 4.98 Å². The standard InChI is InChI=1S/C16H19N3OS/c17-12-7-3-9-18-15(12)16(20)19-14(11-5-1-2-6-11)13-8-4-10-21-13/h3-4,7-11,14H,1-2,5-6,17H2,(H,19,20). The SMILES string of the molecule is Nc1cccnc1C(=O)NC(c1cccs1)C1CCCC1. The highest BCUT2D eigenvalue weighted by Gasteiger charge is 2.29. The first kappa shape index (κ1) is 14.1. The summed E-state index contributed by atoms with van der Waals surface area (Å²) in [4.78, 5) is 17.8. The largest absolute Gasteiger partial charge is 0.397 e. The average Bonchev–Trinajstić information content (AvgIpc) is 3.18. The minimum Gasteiger partial charge on any atom is -0.397 e. The summed E-state index contributed by atoms with van der Waals surface area (Å²) in [5, 5.41) is 5.20. The van der Waals surface area contributed by atoms with Crippen LogP contribution >= 0.6 is 11.3 Å². The number of thiophene rings is 1. The summed E-state index contributed by atoms with van der Waals surface area (Å²) in [5.74, 6) is 0.330. The molecule has 0 aromatic carbocycles. The van der Waals surface area contributed by atoms with Crippen LogP contribution in [0.15, 0.2) is 35.8 Å². The van der Waals surface area contributed by atoms with Crippen LogP contribution in [0.3, 0.4) is 0 Å². The fourth-order valence-corrected chi connectivity index (χ4v) is 3.87. The molecule has 1 aliphatic carbocycles. The molecular formula is C16H19N3OS. The molecular weight excluding hydrogens is 282 g/mol. The lowest BCUT2D eigenvalue weighted by molar-refractivity contribution is 0.0918. The molecule has 110 valence electrons. The van der Waals surface area contributed by atoms with Crippen LogP contribution < -0.4 is 11.1 Å². The van der Waals surface area contributed by atoms with Gasteiger partial charge in [0, 0.05) is 11.1 Å². The Labute approximate surface area is 128 Å². The molecule has 1 atom stereocenters. The highest BCUT2D eigenvalue weighted by atomic mass is 32.1. The van der Waals surface area contributed by atoms with Gasteiger partial charge in [0.15, 0.2) is 5.69 Å². The number of nitrogens with zero attached hydrogens (tertiary/aromatic N) is 1. The van der Waals surface area contributed by atoms with Gasteiger partial charge in [0.2, 0.25) is 0 Å². The summed E-state index contributed by atoms with van der Waals surface area (Å²) in [5.41, 5.74) is 6.59. The summed E-state index contributed by atoms with van der Waals surface area (Å²) >= 11 is 1.69. The quantitative estimate of drug-likeness (QED) is 0.909. The van der Waals surface area contributed by atoms with Crippen molar-refractivity contribution in [1.82, 2.24) is 10.3 Å². The first-order valence-corrected chi connectivity index (χ1v) is 8.18. The molecule has 1 fully saturated rings. The fraction of sp³-hybridized carbons (Fsp3) is 0.375. The number of carbonyl (C=O) groups excluding carboxylic acids is 1. The third-order valence-electron chi connectivity index (χ3n) is 4.06. The highest BCUT2D eigenvalue weighted by molar-refractivity contribution is 7.10. The van der Waals surface area contributed by atoms with E-state index in [2.05, 4.69) is 21.7 Å². The molecule has 1 amide bonds. The van der Waals surface area contributed by atoms with Crippen LogP contribution in [0.4, 0.5) is 5.69 Å². The Morgan fingerprint density at radius 2 is 2.14 bits per heavy atom. The molecule has 1 unspecified atom stereocenters. The minimum atomic E-state index is -0.182. The molecule has 0 saturated heterocycles. The molecule has 4 nitrogen and oxygen atoms in total. The zero-order valence-corrected chi connectivity index (χ0v) is 12.6. The van der Waals surface area contributed by atoms with Gasteiger partial charge in [-0.05, 0) is 42.3 Å². The van der Waals surface area contributed by atoms with Crippen LogP contribution in [0.25, 0.3) is 0 Å². The van der Waals surface area contributed by atoms with Crippen LogP contribution in [0.2, 0.25) is 0 Å². The van der Waals surface area contributed by atoms with E-state index in [9.17, 15) is 4.79 Å². The first-order valence-electron chi connectivity index (χ1n) is 7.30. The van der Waals surface area contributed by atoms with Crippen molar-refractivity contribution < 1.29 is 4.79 Å². The lowest BCUT2D eigenvalue weighted by atomic mass is 9.96. The summed E-state index contributed by atoms with van der Waals surface area (Å²) in [6.45, 7) is 0. The number of nitrogens with one attached hydrogen (secondary N) is 1. The lowest BCUT2D eigenvalue weighted by Gasteiger charge is -2.23. The Morgan fingerprint density at radius 1 is 1.33 bits per heavy atom. The summed E-state index contributed by atoms with van der Waals surface area (Å²) in [6, 6.07) is 7.64. The summed E-state index contributed by atoms with van der Waals surface area (Å²) in [6.07, 6.45) is 6.42. The van der Waals surface area contributed by atoms with E-state index in [1.807, 2.05) is 6.07 Å². The second-order valence-corrected chi connectivity index (χ2v) is 6.43. The van der Waals surface area contributed by atoms with Crippen molar-refractivity contribution in [3.8, 4) is 0 Å². The number of aromatic nitrogens is 1. The van der Waals surface area contributed by atoms with Gasteiger partial charge < -0.3 is 11.1 Å². The van der Waals surface area contributed by atoms with E-state index in [1.165, 1.54) is 30.6 Å². The Kier molecular flexibility index (Phi) is 4.20. The molecule has 3 N–H and O–H groups in total. The van der Waals surface area contributed by atoms with E-state index < -0.39 is 0 Å². The van der Waals surface area contributed by atoms with Gasteiger partial charge >= 0.3 is 0 Å². The molecule has 5 heteroatoms. The van der Waals surface area contributed by atoms with Crippen molar-refractivity contribution in [2.24, 2.45) is 5.92 Å².